The number of nitrogens with one attached hydrogen (secondary N) is 3. The van der Waals surface area contributed by atoms with E-state index in [1.807, 2.05) is 19.1 Å². The highest BCUT2D eigenvalue weighted by molar-refractivity contribution is 6.30. The number of H-pyrrole nitrogens is 1. The molecule has 0 saturated heterocycles. The fourth-order valence-corrected chi connectivity index (χ4v) is 3.12. The molecule has 31 heavy (non-hydrogen) atoms. The number of hydrogen-bond acceptors (Lipinski definition) is 5. The molecule has 0 radical (unpaired) electrons. The predicted octanol–water partition coefficient (Wildman–Crippen LogP) is 3.01. The summed E-state index contributed by atoms with van der Waals surface area (Å²) in [6.07, 6.45) is 2.98. The molecule has 3 heterocycles. The minimum absolute atomic E-state index is 0.203. The molecule has 3 N–H and O–H groups in total. The summed E-state index contributed by atoms with van der Waals surface area (Å²) in [7, 11) is 3.40. The van der Waals surface area contributed by atoms with Crippen LogP contribution in [0.1, 0.15) is 26.7 Å². The van der Waals surface area contributed by atoms with Crippen molar-refractivity contribution in [3.05, 3.63) is 64.8 Å². The van der Waals surface area contributed by atoms with Crippen molar-refractivity contribution in [1.29, 1.82) is 0 Å². The first-order valence-electron chi connectivity index (χ1n) is 9.28. The Morgan fingerprint density at radius 3 is 2.29 bits per heavy atom. The van der Waals surface area contributed by atoms with Gasteiger partial charge in [-0.3, -0.25) is 24.1 Å². The standard InChI is InChI=1S/C20H19ClN8O2/c1-11-16(9-22-28(11)2)24-20(31)18-17(10-23-29(18)3)25-19(30)15-8-14(26-27-15)12-4-6-13(21)7-5-12/h4-10H,1-3H3,(H,24,31)(H,25,30)(H,26,27). The van der Waals surface area contributed by atoms with Gasteiger partial charge in [0, 0.05) is 24.7 Å². The van der Waals surface area contributed by atoms with Crippen LogP contribution in [0.15, 0.2) is 42.7 Å². The van der Waals surface area contributed by atoms with Crippen LogP contribution in [-0.4, -0.2) is 41.6 Å². The molecule has 2 amide bonds. The van der Waals surface area contributed by atoms with Crippen LogP contribution in [0.2, 0.25) is 5.02 Å². The Hall–Kier alpha value is -3.92. The molecule has 10 nitrogen and oxygen atoms in total. The van der Waals surface area contributed by atoms with E-state index in [0.717, 1.165) is 11.3 Å². The van der Waals surface area contributed by atoms with Gasteiger partial charge in [0.1, 0.15) is 11.4 Å². The Kier molecular flexibility index (Phi) is 5.30. The number of carbonyl (C=O) groups is 2. The third kappa shape index (κ3) is 4.05. The lowest BCUT2D eigenvalue weighted by atomic mass is 10.1. The van der Waals surface area contributed by atoms with E-state index in [0.29, 0.717) is 16.4 Å². The quantitative estimate of drug-likeness (QED) is 0.442. The largest absolute Gasteiger partial charge is 0.318 e. The zero-order valence-corrected chi connectivity index (χ0v) is 17.7. The molecular formula is C20H19ClN8O2. The number of aryl methyl sites for hydroxylation is 2. The maximum atomic E-state index is 12.8. The molecule has 0 saturated carbocycles. The average Bonchev–Trinajstić information content (AvgIpc) is 3.45. The number of halogens is 1. The molecule has 4 rings (SSSR count). The molecule has 1 aromatic carbocycles. The Labute approximate surface area is 182 Å². The topological polar surface area (TPSA) is 123 Å². The maximum Gasteiger partial charge on any atom is 0.276 e. The Morgan fingerprint density at radius 1 is 0.968 bits per heavy atom. The second-order valence-electron chi connectivity index (χ2n) is 6.88. The fraction of sp³-hybridized carbons (Fsp3) is 0.150. The summed E-state index contributed by atoms with van der Waals surface area (Å²) in [5.41, 5.74) is 3.50. The van der Waals surface area contributed by atoms with Crippen LogP contribution >= 0.6 is 11.6 Å². The summed E-state index contributed by atoms with van der Waals surface area (Å²) in [6.45, 7) is 1.84. The number of aromatic amines is 1. The first kappa shape index (κ1) is 20.4. The summed E-state index contributed by atoms with van der Waals surface area (Å²) in [6, 6.07) is 8.73. The van der Waals surface area contributed by atoms with E-state index in [9.17, 15) is 9.59 Å². The number of nitrogens with zero attached hydrogens (tertiary/aromatic N) is 5. The van der Waals surface area contributed by atoms with Crippen LogP contribution < -0.4 is 10.6 Å². The van der Waals surface area contributed by atoms with Crippen LogP contribution in [0.25, 0.3) is 11.3 Å². The van der Waals surface area contributed by atoms with Crippen molar-refractivity contribution < 1.29 is 9.59 Å². The van der Waals surface area contributed by atoms with Crippen molar-refractivity contribution >= 4 is 34.8 Å². The Balaban J connectivity index is 1.52. The highest BCUT2D eigenvalue weighted by Gasteiger charge is 2.21. The molecule has 0 bridgehead atoms. The molecule has 0 unspecified atom stereocenters. The number of aromatic nitrogens is 6. The number of benzene rings is 1. The number of carbonyl (C=O) groups excluding carboxylic acids is 2. The first-order chi connectivity index (χ1) is 14.8. The smallest absolute Gasteiger partial charge is 0.276 e. The van der Waals surface area contributed by atoms with Crippen molar-refractivity contribution in [3.8, 4) is 11.3 Å². The number of amides is 2. The molecule has 0 aliphatic rings. The highest BCUT2D eigenvalue weighted by Crippen LogP contribution is 2.22. The van der Waals surface area contributed by atoms with Gasteiger partial charge in [0.05, 0.1) is 35.2 Å². The molecule has 0 spiro atoms. The second-order valence-corrected chi connectivity index (χ2v) is 7.32. The van der Waals surface area contributed by atoms with Gasteiger partial charge in [-0.25, -0.2) is 0 Å². The van der Waals surface area contributed by atoms with Crippen LogP contribution in [0.3, 0.4) is 0 Å². The monoisotopic (exact) mass is 438 g/mol. The number of anilines is 2. The Bertz CT molecular complexity index is 1270. The first-order valence-corrected chi connectivity index (χ1v) is 9.66. The predicted molar refractivity (Wildman–Crippen MR) is 116 cm³/mol. The number of hydrogen-bond donors (Lipinski definition) is 3. The third-order valence-corrected chi connectivity index (χ3v) is 5.10. The summed E-state index contributed by atoms with van der Waals surface area (Å²) in [5.74, 6) is -0.870. The molecule has 0 fully saturated rings. The van der Waals surface area contributed by atoms with Crippen molar-refractivity contribution in [2.45, 2.75) is 6.92 Å². The SMILES string of the molecule is Cc1c(NC(=O)c2c(NC(=O)c3cc(-c4ccc(Cl)cc4)n[nH]3)cnn2C)cnn1C. The molecule has 0 atom stereocenters. The fourth-order valence-electron chi connectivity index (χ4n) is 3.00. The number of rotatable bonds is 5. The molecule has 158 valence electrons. The van der Waals surface area contributed by atoms with Crippen LogP contribution in [-0.2, 0) is 14.1 Å². The van der Waals surface area contributed by atoms with Crippen LogP contribution in [0.5, 0.6) is 0 Å². The summed E-state index contributed by atoms with van der Waals surface area (Å²) < 4.78 is 3.04. The minimum Gasteiger partial charge on any atom is -0.318 e. The highest BCUT2D eigenvalue weighted by atomic mass is 35.5. The second kappa shape index (κ2) is 8.07. The van der Waals surface area contributed by atoms with Gasteiger partial charge >= 0.3 is 0 Å². The van der Waals surface area contributed by atoms with Gasteiger partial charge in [0.25, 0.3) is 11.8 Å². The Morgan fingerprint density at radius 2 is 1.61 bits per heavy atom. The van der Waals surface area contributed by atoms with Gasteiger partial charge in [-0.05, 0) is 25.1 Å². The minimum atomic E-state index is -0.452. The lowest BCUT2D eigenvalue weighted by molar-refractivity contribution is 0.101. The normalized spacial score (nSPS) is 10.8. The van der Waals surface area contributed by atoms with Crippen molar-refractivity contribution in [3.63, 3.8) is 0 Å². The van der Waals surface area contributed by atoms with E-state index in [1.165, 1.54) is 10.9 Å². The van der Waals surface area contributed by atoms with Gasteiger partial charge in [-0.2, -0.15) is 15.3 Å². The molecular weight excluding hydrogens is 420 g/mol. The molecule has 0 aliphatic heterocycles. The summed E-state index contributed by atoms with van der Waals surface area (Å²) >= 11 is 5.91. The average molecular weight is 439 g/mol. The summed E-state index contributed by atoms with van der Waals surface area (Å²) in [5, 5.41) is 21.2. The molecule has 0 aliphatic carbocycles. The van der Waals surface area contributed by atoms with E-state index < -0.39 is 11.8 Å². The molecule has 11 heteroatoms. The third-order valence-electron chi connectivity index (χ3n) is 4.85. The molecule has 3 aromatic heterocycles. The lowest BCUT2D eigenvalue weighted by Crippen LogP contribution is -2.20. The van der Waals surface area contributed by atoms with Crippen molar-refractivity contribution in [2.24, 2.45) is 14.1 Å². The zero-order valence-electron chi connectivity index (χ0n) is 17.0. The van der Waals surface area contributed by atoms with Crippen LogP contribution in [0, 0.1) is 6.92 Å². The summed E-state index contributed by atoms with van der Waals surface area (Å²) in [4.78, 5) is 25.5. The van der Waals surface area contributed by atoms with E-state index in [2.05, 4.69) is 31.0 Å². The van der Waals surface area contributed by atoms with Gasteiger partial charge in [0.15, 0.2) is 0 Å². The van der Waals surface area contributed by atoms with Gasteiger partial charge in [-0.1, -0.05) is 23.7 Å². The van der Waals surface area contributed by atoms with Gasteiger partial charge in [-0.15, -0.1) is 0 Å². The zero-order chi connectivity index (χ0) is 22.1. The van der Waals surface area contributed by atoms with Crippen molar-refractivity contribution in [1.82, 2.24) is 29.8 Å². The van der Waals surface area contributed by atoms with Crippen molar-refractivity contribution in [2.75, 3.05) is 10.6 Å². The van der Waals surface area contributed by atoms with E-state index >= 15 is 0 Å². The van der Waals surface area contributed by atoms with E-state index in [1.54, 1.807) is 43.2 Å². The molecule has 4 aromatic rings. The van der Waals surface area contributed by atoms with Gasteiger partial charge < -0.3 is 10.6 Å². The van der Waals surface area contributed by atoms with E-state index in [4.69, 9.17) is 11.6 Å². The van der Waals surface area contributed by atoms with Crippen LogP contribution in [0.4, 0.5) is 11.4 Å². The maximum absolute atomic E-state index is 12.8. The van der Waals surface area contributed by atoms with Gasteiger partial charge in [0.2, 0.25) is 0 Å². The van der Waals surface area contributed by atoms with E-state index in [-0.39, 0.29) is 17.1 Å². The lowest BCUT2D eigenvalue weighted by Gasteiger charge is -2.08.